The number of nitrogens with zero attached hydrogens (tertiary/aromatic N) is 3. The first-order valence-corrected chi connectivity index (χ1v) is 10.8. The van der Waals surface area contributed by atoms with Crippen LogP contribution in [0.25, 0.3) is 0 Å². The Hall–Kier alpha value is -2.94. The van der Waals surface area contributed by atoms with E-state index in [0.29, 0.717) is 24.7 Å². The number of rotatable bonds is 10. The second-order valence-electron chi connectivity index (χ2n) is 7.72. The third kappa shape index (κ3) is 8.01. The molecular weight excluding hydrogens is 400 g/mol. The molecule has 0 spiro atoms. The number of carbonyl (C=O) groups is 2. The number of esters is 1. The molecule has 0 unspecified atom stereocenters. The number of carboxylic acid groups (broad SMARTS) is 1. The fourth-order valence-electron chi connectivity index (χ4n) is 3.57. The first-order chi connectivity index (χ1) is 15.1. The third-order valence-electron chi connectivity index (χ3n) is 5.16. The maximum Gasteiger partial charge on any atom is 0.417 e. The van der Waals surface area contributed by atoms with Crippen LogP contribution in [-0.2, 0) is 33.9 Å². The molecule has 168 valence electrons. The van der Waals surface area contributed by atoms with Crippen LogP contribution in [0.15, 0.2) is 24.3 Å². The molecule has 2 N–H and O–H groups in total. The fraction of sp³-hybridized carbons (Fsp3) is 0.545. The summed E-state index contributed by atoms with van der Waals surface area (Å²) < 4.78 is 10.5. The first kappa shape index (κ1) is 22.7. The highest BCUT2D eigenvalue weighted by molar-refractivity contribution is 6.28. The highest BCUT2D eigenvalue weighted by Crippen LogP contribution is 2.18. The average molecular weight is 431 g/mol. The largest absolute Gasteiger partial charge is 0.494 e. The third-order valence-corrected chi connectivity index (χ3v) is 5.16. The van der Waals surface area contributed by atoms with Crippen molar-refractivity contribution in [3.05, 3.63) is 41.5 Å². The number of carbonyl (C=O) groups excluding carboxylic acids is 1. The number of ether oxygens (including phenoxy) is 2. The fourth-order valence-corrected chi connectivity index (χ4v) is 3.57. The Morgan fingerprint density at radius 1 is 1.13 bits per heavy atom. The molecule has 1 fully saturated rings. The van der Waals surface area contributed by atoms with Crippen molar-refractivity contribution in [2.75, 3.05) is 19.7 Å². The molecule has 1 aliphatic rings. The van der Waals surface area contributed by atoms with Crippen LogP contribution in [0.4, 0.5) is 0 Å². The summed E-state index contributed by atoms with van der Waals surface area (Å²) in [7, 11) is 0. The predicted molar refractivity (Wildman–Crippen MR) is 112 cm³/mol. The molecule has 3 rings (SSSR count). The van der Waals surface area contributed by atoms with E-state index >= 15 is 0 Å². The van der Waals surface area contributed by atoms with Gasteiger partial charge in [0.05, 0.1) is 6.61 Å². The number of carboxylic acids is 1. The molecule has 1 aromatic carbocycles. The smallest absolute Gasteiger partial charge is 0.417 e. The van der Waals surface area contributed by atoms with Gasteiger partial charge in [-0.3, -0.25) is 10.00 Å². The van der Waals surface area contributed by atoms with Gasteiger partial charge in [0, 0.05) is 13.0 Å². The van der Waals surface area contributed by atoms with Gasteiger partial charge in [-0.15, -0.1) is 0 Å². The Kier molecular flexibility index (Phi) is 8.84. The van der Waals surface area contributed by atoms with Crippen molar-refractivity contribution < 1.29 is 24.2 Å². The number of H-pyrrole nitrogens is 1. The molecule has 9 nitrogen and oxygen atoms in total. The number of nitrogens with one attached hydrogen (secondary N) is 1. The van der Waals surface area contributed by atoms with Gasteiger partial charge < -0.3 is 14.6 Å². The molecule has 0 atom stereocenters. The zero-order chi connectivity index (χ0) is 21.9. The van der Waals surface area contributed by atoms with Gasteiger partial charge in [-0.05, 0) is 56.5 Å². The highest BCUT2D eigenvalue weighted by Gasteiger charge is 2.14. The van der Waals surface area contributed by atoms with E-state index in [9.17, 15) is 9.59 Å². The lowest BCUT2D eigenvalue weighted by molar-refractivity contribution is -0.164. The molecule has 1 aromatic heterocycles. The molecule has 1 aliphatic heterocycles. The Balaban J connectivity index is 1.34. The van der Waals surface area contributed by atoms with Crippen molar-refractivity contribution in [1.82, 2.24) is 20.1 Å². The number of hydrogen-bond donors (Lipinski definition) is 2. The van der Waals surface area contributed by atoms with E-state index in [-0.39, 0.29) is 6.61 Å². The number of aromatic nitrogens is 3. The Morgan fingerprint density at radius 3 is 2.71 bits per heavy atom. The molecule has 31 heavy (non-hydrogen) atoms. The van der Waals surface area contributed by atoms with Crippen molar-refractivity contribution in [3.63, 3.8) is 0 Å². The van der Waals surface area contributed by atoms with E-state index in [1.54, 1.807) is 0 Å². The zero-order valence-corrected chi connectivity index (χ0v) is 17.7. The number of benzene rings is 1. The number of hydrogen-bond acceptors (Lipinski definition) is 7. The Morgan fingerprint density at radius 2 is 1.94 bits per heavy atom. The van der Waals surface area contributed by atoms with Crippen LogP contribution in [0.2, 0.25) is 0 Å². The number of likely N-dealkylation sites (tertiary alicyclic amines) is 1. The second-order valence-corrected chi connectivity index (χ2v) is 7.72. The molecule has 0 amide bonds. The minimum Gasteiger partial charge on any atom is -0.494 e. The minimum atomic E-state index is -1.63. The Bertz CT molecular complexity index is 846. The van der Waals surface area contributed by atoms with E-state index in [0.717, 1.165) is 25.1 Å². The van der Waals surface area contributed by atoms with Gasteiger partial charge in [-0.1, -0.05) is 25.0 Å². The van der Waals surface area contributed by atoms with Crippen LogP contribution in [0.3, 0.4) is 0 Å². The molecule has 9 heteroatoms. The van der Waals surface area contributed by atoms with Gasteiger partial charge in [-0.2, -0.15) is 5.10 Å². The molecule has 0 saturated carbocycles. The summed E-state index contributed by atoms with van der Waals surface area (Å²) in [5.41, 5.74) is 1.29. The predicted octanol–water partition coefficient (Wildman–Crippen LogP) is 2.71. The normalized spacial score (nSPS) is 14.7. The SMILES string of the molecule is O=C(O)C(=O)OCc1nc(CCCCOc2cccc(CN3CCCCCC3)c2)n[nH]1. The number of aromatic amines is 1. The highest BCUT2D eigenvalue weighted by atomic mass is 16.6. The summed E-state index contributed by atoms with van der Waals surface area (Å²) in [6, 6.07) is 8.33. The maximum absolute atomic E-state index is 10.9. The van der Waals surface area contributed by atoms with Crippen molar-refractivity contribution in [1.29, 1.82) is 0 Å². The van der Waals surface area contributed by atoms with Gasteiger partial charge in [0.25, 0.3) is 0 Å². The van der Waals surface area contributed by atoms with Crippen molar-refractivity contribution in [2.45, 2.75) is 58.1 Å². The first-order valence-electron chi connectivity index (χ1n) is 10.8. The van der Waals surface area contributed by atoms with Crippen LogP contribution in [0.1, 0.15) is 55.7 Å². The summed E-state index contributed by atoms with van der Waals surface area (Å²) >= 11 is 0. The lowest BCUT2D eigenvalue weighted by Gasteiger charge is -2.20. The quantitative estimate of drug-likeness (QED) is 0.336. The summed E-state index contributed by atoms with van der Waals surface area (Å²) in [4.78, 5) is 28.1. The van der Waals surface area contributed by atoms with Gasteiger partial charge in [0.1, 0.15) is 5.75 Å². The average Bonchev–Trinajstić information content (AvgIpc) is 3.06. The van der Waals surface area contributed by atoms with Gasteiger partial charge in [0.15, 0.2) is 18.3 Å². The summed E-state index contributed by atoms with van der Waals surface area (Å²) in [6.45, 7) is 3.70. The van der Waals surface area contributed by atoms with Crippen LogP contribution < -0.4 is 4.74 Å². The van der Waals surface area contributed by atoms with E-state index in [2.05, 4.69) is 43.0 Å². The lowest BCUT2D eigenvalue weighted by Crippen LogP contribution is -2.23. The van der Waals surface area contributed by atoms with Crippen LogP contribution in [0.5, 0.6) is 5.75 Å². The second kappa shape index (κ2) is 12.0. The standard InChI is InChI=1S/C22H30N4O5/c27-21(28)22(29)31-16-20-23-19(24-25-20)10-3-6-13-30-18-9-7-8-17(14-18)15-26-11-4-1-2-5-12-26/h7-9,14H,1-6,10-13,15-16H2,(H,27,28)(H,23,24,25). The summed E-state index contributed by atoms with van der Waals surface area (Å²) in [5.74, 6) is -1.13. The van der Waals surface area contributed by atoms with Crippen LogP contribution >= 0.6 is 0 Å². The molecule has 1 saturated heterocycles. The molecule has 0 bridgehead atoms. The van der Waals surface area contributed by atoms with Crippen molar-refractivity contribution >= 4 is 11.9 Å². The summed E-state index contributed by atoms with van der Waals surface area (Å²) in [6.07, 6.45) is 7.61. The molecule has 0 aliphatic carbocycles. The van der Waals surface area contributed by atoms with E-state index in [1.807, 2.05) is 6.07 Å². The number of aryl methyl sites for hydroxylation is 1. The molecular formula is C22H30N4O5. The van der Waals surface area contributed by atoms with Crippen molar-refractivity contribution in [3.8, 4) is 5.75 Å². The minimum absolute atomic E-state index is 0.241. The number of aliphatic carboxylic acids is 1. The van der Waals surface area contributed by atoms with E-state index in [1.165, 1.54) is 44.3 Å². The Labute approximate surface area is 181 Å². The van der Waals surface area contributed by atoms with Crippen LogP contribution in [0, 0.1) is 0 Å². The maximum atomic E-state index is 10.9. The monoisotopic (exact) mass is 430 g/mol. The zero-order valence-electron chi connectivity index (χ0n) is 17.7. The number of unbranched alkanes of at least 4 members (excludes halogenated alkanes) is 1. The molecule has 2 aromatic rings. The van der Waals surface area contributed by atoms with Crippen LogP contribution in [-0.4, -0.2) is 56.8 Å². The molecule has 0 radical (unpaired) electrons. The summed E-state index contributed by atoms with van der Waals surface area (Å²) in [5, 5.41) is 15.2. The van der Waals surface area contributed by atoms with Gasteiger partial charge in [-0.25, -0.2) is 14.6 Å². The lowest BCUT2D eigenvalue weighted by atomic mass is 10.2. The van der Waals surface area contributed by atoms with E-state index in [4.69, 9.17) is 9.84 Å². The van der Waals surface area contributed by atoms with E-state index < -0.39 is 11.9 Å². The topological polar surface area (TPSA) is 118 Å². The molecule has 2 heterocycles. The van der Waals surface area contributed by atoms with Gasteiger partial charge in [0.2, 0.25) is 0 Å². The van der Waals surface area contributed by atoms with Gasteiger partial charge >= 0.3 is 11.9 Å². The van der Waals surface area contributed by atoms with Crippen molar-refractivity contribution in [2.24, 2.45) is 0 Å².